The topological polar surface area (TPSA) is 61.1 Å². The number of aliphatic imine (C=N–C) groups is 1. The van der Waals surface area contributed by atoms with Crippen molar-refractivity contribution < 1.29 is 9.90 Å². The van der Waals surface area contributed by atoms with Crippen molar-refractivity contribution in [2.45, 2.75) is 64.8 Å². The molecule has 3 aliphatic rings. The summed E-state index contributed by atoms with van der Waals surface area (Å²) >= 11 is 0. The van der Waals surface area contributed by atoms with Crippen molar-refractivity contribution in [3.63, 3.8) is 0 Å². The van der Waals surface area contributed by atoms with E-state index < -0.39 is 0 Å². The van der Waals surface area contributed by atoms with Gasteiger partial charge in [0.1, 0.15) is 0 Å². The van der Waals surface area contributed by atoms with Crippen LogP contribution in [0.15, 0.2) is 53.5 Å². The summed E-state index contributed by atoms with van der Waals surface area (Å²) in [5, 5.41) is 11.5. The Kier molecular flexibility index (Phi) is 6.96. The molecule has 0 aliphatic carbocycles. The summed E-state index contributed by atoms with van der Waals surface area (Å²) in [6.45, 7) is 7.16. The standard InChI is InChI=1S/C32H38N4O2/c1-2-3-22-36-30(24-12-16-26(17-13-24)35-20-8-5-9-21-35)28-27(32(36)38)29(33-31(28)37)23-10-14-25(15-11-23)34-18-6-4-7-19-34/h10-17,38H,2-9,18-22H2,1H3. The van der Waals surface area contributed by atoms with Crippen LogP contribution in [0, 0.1) is 0 Å². The number of aromatic nitrogens is 1. The van der Waals surface area contributed by atoms with Gasteiger partial charge in [0.05, 0.1) is 22.5 Å². The first-order valence-electron chi connectivity index (χ1n) is 14.5. The summed E-state index contributed by atoms with van der Waals surface area (Å²) in [6.07, 6.45) is 9.45. The van der Waals surface area contributed by atoms with E-state index in [9.17, 15) is 9.90 Å². The quantitative estimate of drug-likeness (QED) is 0.387. The highest BCUT2D eigenvalue weighted by Gasteiger charge is 2.36. The van der Waals surface area contributed by atoms with Crippen LogP contribution in [-0.2, 0) is 6.54 Å². The maximum absolute atomic E-state index is 13.4. The van der Waals surface area contributed by atoms with E-state index in [-0.39, 0.29) is 11.8 Å². The molecule has 0 unspecified atom stereocenters. The Morgan fingerprint density at radius 2 is 1.26 bits per heavy atom. The highest BCUT2D eigenvalue weighted by Crippen LogP contribution is 2.42. The first-order valence-corrected chi connectivity index (χ1v) is 14.5. The van der Waals surface area contributed by atoms with Crippen LogP contribution in [0.5, 0.6) is 5.88 Å². The van der Waals surface area contributed by atoms with Gasteiger partial charge in [-0.15, -0.1) is 0 Å². The predicted octanol–water partition coefficient (Wildman–Crippen LogP) is 6.63. The number of hydrogen-bond donors (Lipinski definition) is 1. The molecule has 3 aromatic rings. The molecule has 6 heteroatoms. The predicted molar refractivity (Wildman–Crippen MR) is 155 cm³/mol. The Morgan fingerprint density at radius 1 is 0.737 bits per heavy atom. The lowest BCUT2D eigenvalue weighted by atomic mass is 9.99. The maximum Gasteiger partial charge on any atom is 0.280 e. The summed E-state index contributed by atoms with van der Waals surface area (Å²) in [4.78, 5) is 22.7. The van der Waals surface area contributed by atoms with Gasteiger partial charge in [-0.1, -0.05) is 37.6 Å². The minimum atomic E-state index is -0.268. The molecule has 6 rings (SSSR count). The van der Waals surface area contributed by atoms with Crippen LogP contribution in [0.1, 0.15) is 79.8 Å². The van der Waals surface area contributed by atoms with E-state index >= 15 is 0 Å². The fraction of sp³-hybridized carbons (Fsp3) is 0.438. The second-order valence-electron chi connectivity index (χ2n) is 10.9. The van der Waals surface area contributed by atoms with Gasteiger partial charge in [0.2, 0.25) is 5.88 Å². The Morgan fingerprint density at radius 3 is 1.79 bits per heavy atom. The number of rotatable bonds is 7. The molecular weight excluding hydrogens is 472 g/mol. The van der Waals surface area contributed by atoms with Crippen LogP contribution in [0.2, 0.25) is 0 Å². The molecule has 1 amide bonds. The van der Waals surface area contributed by atoms with Gasteiger partial charge in [-0.25, -0.2) is 4.99 Å². The van der Waals surface area contributed by atoms with Crippen molar-refractivity contribution in [2.24, 2.45) is 4.99 Å². The summed E-state index contributed by atoms with van der Waals surface area (Å²) in [5.74, 6) is -0.121. The molecule has 4 heterocycles. The van der Waals surface area contributed by atoms with Crippen molar-refractivity contribution >= 4 is 23.0 Å². The average Bonchev–Trinajstić information content (AvgIpc) is 3.47. The Bertz CT molecular complexity index is 1330. The van der Waals surface area contributed by atoms with Gasteiger partial charge in [0, 0.05) is 49.7 Å². The SMILES string of the molecule is CCCCn1c(O)c2c(c1-c1ccc(N3CCCCC3)cc1)C(=O)N=C2c1ccc(N2CCCCC2)cc1. The fourth-order valence-corrected chi connectivity index (χ4v) is 6.26. The van der Waals surface area contributed by atoms with Crippen molar-refractivity contribution in [3.8, 4) is 17.1 Å². The molecule has 2 fully saturated rings. The van der Waals surface area contributed by atoms with Crippen molar-refractivity contribution in [1.29, 1.82) is 0 Å². The number of nitrogens with zero attached hydrogens (tertiary/aromatic N) is 4. The van der Waals surface area contributed by atoms with Gasteiger partial charge in [-0.05, 0) is 74.8 Å². The highest BCUT2D eigenvalue weighted by atomic mass is 16.3. The molecule has 198 valence electrons. The van der Waals surface area contributed by atoms with Crippen LogP contribution in [0.4, 0.5) is 11.4 Å². The third-order valence-electron chi connectivity index (χ3n) is 8.36. The van der Waals surface area contributed by atoms with Crippen LogP contribution in [0.3, 0.4) is 0 Å². The zero-order valence-corrected chi connectivity index (χ0v) is 22.5. The van der Waals surface area contributed by atoms with Crippen LogP contribution < -0.4 is 9.80 Å². The number of amides is 1. The molecule has 3 aliphatic heterocycles. The van der Waals surface area contributed by atoms with Gasteiger partial charge < -0.3 is 19.5 Å². The molecule has 2 aromatic carbocycles. The van der Waals surface area contributed by atoms with Crippen LogP contribution in [0.25, 0.3) is 11.3 Å². The number of hydrogen-bond acceptors (Lipinski definition) is 4. The Labute approximate surface area is 225 Å². The third-order valence-corrected chi connectivity index (χ3v) is 8.36. The lowest BCUT2D eigenvalue weighted by molar-refractivity contribution is 0.101. The van der Waals surface area contributed by atoms with E-state index in [2.05, 4.69) is 58.1 Å². The zero-order valence-electron chi connectivity index (χ0n) is 22.5. The van der Waals surface area contributed by atoms with E-state index in [0.717, 1.165) is 55.8 Å². The van der Waals surface area contributed by atoms with E-state index in [1.54, 1.807) is 0 Å². The van der Waals surface area contributed by atoms with Gasteiger partial charge in [0.15, 0.2) is 0 Å². The largest absolute Gasteiger partial charge is 0.494 e. The summed E-state index contributed by atoms with van der Waals surface area (Å²) in [7, 11) is 0. The zero-order chi connectivity index (χ0) is 26.1. The molecule has 0 radical (unpaired) electrons. The fourth-order valence-electron chi connectivity index (χ4n) is 6.26. The number of aromatic hydroxyl groups is 1. The first-order chi connectivity index (χ1) is 18.7. The Hall–Kier alpha value is -3.54. The number of fused-ring (bicyclic) bond motifs is 1. The first kappa shape index (κ1) is 24.8. The average molecular weight is 511 g/mol. The summed E-state index contributed by atoms with van der Waals surface area (Å²) in [5.41, 5.74) is 6.71. The second kappa shape index (κ2) is 10.7. The van der Waals surface area contributed by atoms with Crippen LogP contribution >= 0.6 is 0 Å². The molecule has 1 aromatic heterocycles. The number of unbranched alkanes of at least 4 members (excludes halogenated alkanes) is 1. The molecule has 1 N–H and O–H groups in total. The van der Waals surface area contributed by atoms with Crippen molar-refractivity contribution in [2.75, 3.05) is 36.0 Å². The normalized spacial score (nSPS) is 17.6. The molecular formula is C32H38N4O2. The Balaban J connectivity index is 1.36. The van der Waals surface area contributed by atoms with E-state index in [0.29, 0.717) is 23.4 Å². The third kappa shape index (κ3) is 4.50. The maximum atomic E-state index is 13.4. The van der Waals surface area contributed by atoms with Gasteiger partial charge in [-0.3, -0.25) is 4.79 Å². The number of carbonyl (C=O) groups excluding carboxylic acids is 1. The van der Waals surface area contributed by atoms with Crippen molar-refractivity contribution in [1.82, 2.24) is 4.57 Å². The second-order valence-corrected chi connectivity index (χ2v) is 10.9. The smallest absolute Gasteiger partial charge is 0.280 e. The van der Waals surface area contributed by atoms with Gasteiger partial charge in [0.25, 0.3) is 5.91 Å². The summed E-state index contributed by atoms with van der Waals surface area (Å²) in [6, 6.07) is 16.8. The number of anilines is 2. The number of carbonyl (C=O) groups is 1. The number of benzene rings is 2. The summed E-state index contributed by atoms with van der Waals surface area (Å²) < 4.78 is 1.93. The molecule has 0 saturated carbocycles. The number of piperidine rings is 2. The van der Waals surface area contributed by atoms with Gasteiger partial charge in [-0.2, -0.15) is 0 Å². The molecule has 0 atom stereocenters. The van der Waals surface area contributed by atoms with Crippen molar-refractivity contribution in [3.05, 3.63) is 65.2 Å². The van der Waals surface area contributed by atoms with E-state index in [1.165, 1.54) is 49.9 Å². The molecule has 38 heavy (non-hydrogen) atoms. The van der Waals surface area contributed by atoms with E-state index in [1.807, 2.05) is 16.7 Å². The molecule has 0 spiro atoms. The lowest BCUT2D eigenvalue weighted by Gasteiger charge is -2.29. The monoisotopic (exact) mass is 510 g/mol. The van der Waals surface area contributed by atoms with Crippen LogP contribution in [-0.4, -0.2) is 47.5 Å². The molecule has 2 saturated heterocycles. The molecule has 6 nitrogen and oxygen atoms in total. The van der Waals surface area contributed by atoms with E-state index in [4.69, 9.17) is 0 Å². The molecule has 0 bridgehead atoms. The lowest BCUT2D eigenvalue weighted by Crippen LogP contribution is -2.29. The minimum Gasteiger partial charge on any atom is -0.494 e. The van der Waals surface area contributed by atoms with Gasteiger partial charge >= 0.3 is 0 Å². The highest BCUT2D eigenvalue weighted by molar-refractivity contribution is 6.30. The minimum absolute atomic E-state index is 0.147.